The van der Waals surface area contributed by atoms with E-state index in [1.165, 1.54) is 23.8 Å². The lowest BCUT2D eigenvalue weighted by Gasteiger charge is -2.04. The van der Waals surface area contributed by atoms with Gasteiger partial charge in [0.2, 0.25) is 0 Å². The number of hydrogen-bond donors (Lipinski definition) is 0. The molecule has 1 heterocycles. The monoisotopic (exact) mass is 482 g/mol. The summed E-state index contributed by atoms with van der Waals surface area (Å²) in [4.78, 5) is 29.0. The van der Waals surface area contributed by atoms with Crippen LogP contribution in [0.25, 0.3) is 10.2 Å². The average molecular weight is 483 g/mol. The number of esters is 1. The minimum Gasteiger partial charge on any atom is -0.468 e. The zero-order chi connectivity index (χ0) is 20.5. The maximum atomic E-state index is 12.6. The number of nitrogens with zero attached hydrogens (tertiary/aromatic N) is 2. The molecule has 0 radical (unpaired) electrons. The molecular weight excluding hydrogens is 468 g/mol. The van der Waals surface area contributed by atoms with Crippen molar-refractivity contribution < 1.29 is 22.7 Å². The van der Waals surface area contributed by atoms with Gasteiger partial charge in [-0.2, -0.15) is 4.99 Å². The number of aromatic nitrogens is 1. The molecule has 0 aliphatic carbocycles. The van der Waals surface area contributed by atoms with E-state index in [1.54, 1.807) is 30.3 Å². The molecule has 0 saturated carbocycles. The fourth-order valence-electron chi connectivity index (χ4n) is 2.49. The molecule has 0 saturated heterocycles. The number of fused-ring (bicyclic) bond motifs is 1. The molecule has 1 aromatic heterocycles. The van der Waals surface area contributed by atoms with Gasteiger partial charge >= 0.3 is 5.97 Å². The first-order chi connectivity index (χ1) is 13.2. The largest absolute Gasteiger partial charge is 0.468 e. The Morgan fingerprint density at radius 2 is 1.96 bits per heavy atom. The van der Waals surface area contributed by atoms with Gasteiger partial charge in [0.25, 0.3) is 5.91 Å². The van der Waals surface area contributed by atoms with Gasteiger partial charge in [-0.3, -0.25) is 9.59 Å². The summed E-state index contributed by atoms with van der Waals surface area (Å²) < 4.78 is 31.3. The summed E-state index contributed by atoms with van der Waals surface area (Å²) in [5.41, 5.74) is 0.969. The van der Waals surface area contributed by atoms with Crippen LogP contribution in [-0.2, 0) is 25.9 Å². The molecule has 28 heavy (non-hydrogen) atoms. The predicted octanol–water partition coefficient (Wildman–Crippen LogP) is 2.78. The third-order valence-corrected chi connectivity index (χ3v) is 6.51. The van der Waals surface area contributed by atoms with E-state index < -0.39 is 21.7 Å². The van der Waals surface area contributed by atoms with Crippen molar-refractivity contribution in [3.05, 3.63) is 57.3 Å². The van der Waals surface area contributed by atoms with Crippen molar-refractivity contribution in [3.8, 4) is 0 Å². The van der Waals surface area contributed by atoms with Crippen LogP contribution >= 0.6 is 27.3 Å². The van der Waals surface area contributed by atoms with Gasteiger partial charge in [-0.25, -0.2) is 8.42 Å². The number of thiazole rings is 1. The zero-order valence-corrected chi connectivity index (χ0v) is 18.1. The van der Waals surface area contributed by atoms with Crippen LogP contribution in [0.4, 0.5) is 0 Å². The number of carbonyl (C=O) groups is 2. The molecule has 0 spiro atoms. The zero-order valence-electron chi connectivity index (χ0n) is 14.9. The SMILES string of the molecule is COC(=O)Cn1c(=NC(=O)c2cccc(Br)c2)sc2cc(S(C)(=O)=O)ccc21. The second-order valence-electron chi connectivity index (χ2n) is 5.88. The van der Waals surface area contributed by atoms with E-state index in [-0.39, 0.29) is 16.2 Å². The van der Waals surface area contributed by atoms with E-state index in [1.807, 2.05) is 0 Å². The molecule has 3 rings (SSSR count). The van der Waals surface area contributed by atoms with Crippen LogP contribution in [0.15, 0.2) is 56.8 Å². The average Bonchev–Trinajstić information content (AvgIpc) is 2.97. The molecule has 0 fully saturated rings. The lowest BCUT2D eigenvalue weighted by Crippen LogP contribution is -2.22. The highest BCUT2D eigenvalue weighted by molar-refractivity contribution is 9.10. The minimum atomic E-state index is -3.39. The smallest absolute Gasteiger partial charge is 0.325 e. The van der Waals surface area contributed by atoms with Crippen LogP contribution < -0.4 is 4.80 Å². The first-order valence-electron chi connectivity index (χ1n) is 7.94. The molecule has 0 aliphatic rings. The Morgan fingerprint density at radius 1 is 1.21 bits per heavy atom. The van der Waals surface area contributed by atoms with Crippen LogP contribution in [0, 0.1) is 0 Å². The summed E-state index contributed by atoms with van der Waals surface area (Å²) in [7, 11) is -2.13. The van der Waals surface area contributed by atoms with Crippen molar-refractivity contribution in [1.29, 1.82) is 0 Å². The molecule has 10 heteroatoms. The van der Waals surface area contributed by atoms with Gasteiger partial charge in [0.1, 0.15) is 6.54 Å². The summed E-state index contributed by atoms with van der Waals surface area (Å²) >= 11 is 4.44. The molecule has 0 bridgehead atoms. The molecule has 3 aromatic rings. The highest BCUT2D eigenvalue weighted by Crippen LogP contribution is 2.22. The van der Waals surface area contributed by atoms with Gasteiger partial charge in [-0.05, 0) is 36.4 Å². The van der Waals surface area contributed by atoms with Crippen LogP contribution in [0.2, 0.25) is 0 Å². The van der Waals surface area contributed by atoms with Crippen molar-refractivity contribution in [3.63, 3.8) is 0 Å². The highest BCUT2D eigenvalue weighted by atomic mass is 79.9. The summed E-state index contributed by atoms with van der Waals surface area (Å²) in [5.74, 6) is -0.988. The van der Waals surface area contributed by atoms with Crippen molar-refractivity contribution in [1.82, 2.24) is 4.57 Å². The van der Waals surface area contributed by atoms with Gasteiger partial charge in [-0.15, -0.1) is 0 Å². The Kier molecular flexibility index (Phi) is 5.82. The number of benzene rings is 2. The third kappa shape index (κ3) is 4.40. The standard InChI is InChI=1S/C18H15BrN2O5S2/c1-26-16(22)10-21-14-7-6-13(28(2,24)25)9-15(14)27-18(21)20-17(23)11-4-3-5-12(19)8-11/h3-9H,10H2,1-2H3. The van der Waals surface area contributed by atoms with E-state index in [0.717, 1.165) is 22.1 Å². The van der Waals surface area contributed by atoms with Crippen LogP contribution in [-0.4, -0.2) is 38.2 Å². The third-order valence-electron chi connectivity index (χ3n) is 3.87. The van der Waals surface area contributed by atoms with Gasteiger partial charge in [-0.1, -0.05) is 33.3 Å². The van der Waals surface area contributed by atoms with Crippen LogP contribution in [0.1, 0.15) is 10.4 Å². The summed E-state index contributed by atoms with van der Waals surface area (Å²) in [5, 5.41) is 0. The minimum absolute atomic E-state index is 0.149. The van der Waals surface area contributed by atoms with E-state index >= 15 is 0 Å². The molecule has 146 valence electrons. The molecule has 1 amide bonds. The normalized spacial score (nSPS) is 12.3. The van der Waals surface area contributed by atoms with Gasteiger partial charge in [0, 0.05) is 16.3 Å². The Morgan fingerprint density at radius 3 is 2.61 bits per heavy atom. The number of carbonyl (C=O) groups excluding carboxylic acids is 2. The number of ether oxygens (including phenoxy) is 1. The van der Waals surface area contributed by atoms with Crippen molar-refractivity contribution >= 4 is 59.2 Å². The van der Waals surface area contributed by atoms with Crippen molar-refractivity contribution in [2.24, 2.45) is 4.99 Å². The Bertz CT molecular complexity index is 1260. The maximum absolute atomic E-state index is 12.6. The van der Waals surface area contributed by atoms with Crippen LogP contribution in [0.5, 0.6) is 0 Å². The number of amides is 1. The summed E-state index contributed by atoms with van der Waals surface area (Å²) in [6, 6.07) is 11.3. The van der Waals surface area contributed by atoms with E-state index in [2.05, 4.69) is 20.9 Å². The molecule has 0 N–H and O–H groups in total. The molecule has 0 aliphatic heterocycles. The topological polar surface area (TPSA) is 94.8 Å². The van der Waals surface area contributed by atoms with Crippen LogP contribution in [0.3, 0.4) is 0 Å². The molecule has 0 unspecified atom stereocenters. The van der Waals surface area contributed by atoms with Crippen molar-refractivity contribution in [2.45, 2.75) is 11.4 Å². The predicted molar refractivity (Wildman–Crippen MR) is 109 cm³/mol. The number of methoxy groups -OCH3 is 1. The first kappa shape index (κ1) is 20.4. The quantitative estimate of drug-likeness (QED) is 0.532. The van der Waals surface area contributed by atoms with E-state index in [9.17, 15) is 18.0 Å². The Balaban J connectivity index is 2.20. The molecule has 0 atom stereocenters. The van der Waals surface area contributed by atoms with Gasteiger partial charge in [0.05, 0.1) is 22.2 Å². The van der Waals surface area contributed by atoms with E-state index in [4.69, 9.17) is 4.74 Å². The Labute approximate surface area is 173 Å². The number of halogens is 1. The lowest BCUT2D eigenvalue weighted by molar-refractivity contribution is -0.141. The lowest BCUT2D eigenvalue weighted by atomic mass is 10.2. The van der Waals surface area contributed by atoms with Gasteiger partial charge in [0.15, 0.2) is 14.6 Å². The maximum Gasteiger partial charge on any atom is 0.325 e. The van der Waals surface area contributed by atoms with Gasteiger partial charge < -0.3 is 9.30 Å². The number of rotatable bonds is 4. The first-order valence-corrected chi connectivity index (χ1v) is 11.4. The fraction of sp³-hybridized carbons (Fsp3) is 0.167. The van der Waals surface area contributed by atoms with Crippen molar-refractivity contribution in [2.75, 3.05) is 13.4 Å². The van der Waals surface area contributed by atoms with E-state index in [0.29, 0.717) is 15.8 Å². The number of sulfone groups is 1. The summed E-state index contributed by atoms with van der Waals surface area (Å²) in [6.45, 7) is -0.153. The molecule has 7 nitrogen and oxygen atoms in total. The fourth-order valence-corrected chi connectivity index (χ4v) is 4.68. The highest BCUT2D eigenvalue weighted by Gasteiger charge is 2.15. The molecular formula is C18H15BrN2O5S2. The summed E-state index contributed by atoms with van der Waals surface area (Å²) in [6.07, 6.45) is 1.12. The number of hydrogen-bond acceptors (Lipinski definition) is 6. The second kappa shape index (κ2) is 7.98. The Hall–Kier alpha value is -2.30. The second-order valence-corrected chi connectivity index (χ2v) is 9.82. The molecule has 2 aromatic carbocycles.